The Morgan fingerprint density at radius 3 is 2.95 bits per heavy atom. The SMILES string of the molecule is Cc1cccc(F)c1NC(=O)c1cn(C2CNC2)nn1. The molecule has 0 atom stereocenters. The lowest BCUT2D eigenvalue weighted by Gasteiger charge is -2.26. The largest absolute Gasteiger partial charge is 0.318 e. The Kier molecular flexibility index (Phi) is 3.19. The number of carbonyl (C=O) groups is 1. The van der Waals surface area contributed by atoms with Crippen molar-refractivity contribution in [2.75, 3.05) is 18.4 Å². The van der Waals surface area contributed by atoms with Crippen molar-refractivity contribution >= 4 is 11.6 Å². The smallest absolute Gasteiger partial charge is 0.277 e. The van der Waals surface area contributed by atoms with E-state index >= 15 is 0 Å². The Bertz CT molecular complexity index is 630. The van der Waals surface area contributed by atoms with Gasteiger partial charge in [0.2, 0.25) is 0 Å². The Balaban J connectivity index is 1.77. The van der Waals surface area contributed by atoms with Crippen LogP contribution in [0.25, 0.3) is 0 Å². The maximum absolute atomic E-state index is 13.7. The molecule has 7 heteroatoms. The summed E-state index contributed by atoms with van der Waals surface area (Å²) in [4.78, 5) is 12.1. The number of carbonyl (C=O) groups excluding carboxylic acids is 1. The average molecular weight is 275 g/mol. The van der Waals surface area contributed by atoms with Crippen molar-refractivity contribution in [2.24, 2.45) is 0 Å². The molecule has 3 rings (SSSR count). The Hall–Kier alpha value is -2.28. The van der Waals surface area contributed by atoms with Crippen LogP contribution in [-0.2, 0) is 0 Å². The minimum atomic E-state index is -0.464. The molecule has 0 unspecified atom stereocenters. The summed E-state index contributed by atoms with van der Waals surface area (Å²) in [5.41, 5.74) is 1.02. The molecule has 104 valence electrons. The third kappa shape index (κ3) is 2.27. The molecule has 1 aliphatic rings. The molecular weight excluding hydrogens is 261 g/mol. The first-order chi connectivity index (χ1) is 9.65. The summed E-state index contributed by atoms with van der Waals surface area (Å²) in [6, 6.07) is 4.87. The van der Waals surface area contributed by atoms with Crippen LogP contribution in [0.2, 0.25) is 0 Å². The van der Waals surface area contributed by atoms with Crippen molar-refractivity contribution in [3.63, 3.8) is 0 Å². The molecule has 1 fully saturated rings. The number of aryl methyl sites for hydroxylation is 1. The van der Waals surface area contributed by atoms with Gasteiger partial charge in [-0.2, -0.15) is 0 Å². The fraction of sp³-hybridized carbons (Fsp3) is 0.308. The van der Waals surface area contributed by atoms with Gasteiger partial charge >= 0.3 is 0 Å². The zero-order valence-electron chi connectivity index (χ0n) is 10.9. The van der Waals surface area contributed by atoms with Crippen molar-refractivity contribution in [3.05, 3.63) is 41.5 Å². The van der Waals surface area contributed by atoms with E-state index in [2.05, 4.69) is 20.9 Å². The lowest BCUT2D eigenvalue weighted by Crippen LogP contribution is -2.43. The summed E-state index contributed by atoms with van der Waals surface area (Å²) < 4.78 is 15.3. The van der Waals surface area contributed by atoms with E-state index in [1.807, 2.05) is 0 Å². The summed E-state index contributed by atoms with van der Waals surface area (Å²) in [5, 5.41) is 13.4. The van der Waals surface area contributed by atoms with Crippen LogP contribution < -0.4 is 10.6 Å². The van der Waals surface area contributed by atoms with Crippen LogP contribution in [0.4, 0.5) is 10.1 Å². The van der Waals surface area contributed by atoms with Gasteiger partial charge in [0, 0.05) is 13.1 Å². The maximum Gasteiger partial charge on any atom is 0.277 e. The maximum atomic E-state index is 13.7. The molecule has 0 spiro atoms. The van der Waals surface area contributed by atoms with Crippen LogP contribution in [0, 0.1) is 12.7 Å². The number of hydrogen-bond acceptors (Lipinski definition) is 4. The molecule has 0 saturated carbocycles. The first kappa shape index (κ1) is 12.7. The molecule has 2 N–H and O–H groups in total. The van der Waals surface area contributed by atoms with E-state index in [1.54, 1.807) is 29.9 Å². The topological polar surface area (TPSA) is 71.8 Å². The van der Waals surface area contributed by atoms with E-state index in [9.17, 15) is 9.18 Å². The number of nitrogens with one attached hydrogen (secondary N) is 2. The van der Waals surface area contributed by atoms with E-state index in [0.717, 1.165) is 13.1 Å². The summed E-state index contributed by atoms with van der Waals surface area (Å²) in [5.74, 6) is -0.925. The fourth-order valence-electron chi connectivity index (χ4n) is 1.99. The normalized spacial score (nSPS) is 14.9. The first-order valence-corrected chi connectivity index (χ1v) is 6.34. The Morgan fingerprint density at radius 1 is 1.50 bits per heavy atom. The molecule has 20 heavy (non-hydrogen) atoms. The van der Waals surface area contributed by atoms with Crippen LogP contribution in [0.3, 0.4) is 0 Å². The van der Waals surface area contributed by atoms with Gasteiger partial charge in [-0.1, -0.05) is 17.3 Å². The number of nitrogens with zero attached hydrogens (tertiary/aromatic N) is 3. The molecule has 0 aliphatic carbocycles. The fourth-order valence-corrected chi connectivity index (χ4v) is 1.99. The Morgan fingerprint density at radius 2 is 2.30 bits per heavy atom. The molecule has 2 heterocycles. The summed E-state index contributed by atoms with van der Waals surface area (Å²) >= 11 is 0. The zero-order chi connectivity index (χ0) is 14.1. The van der Waals surface area contributed by atoms with Crippen LogP contribution in [0.1, 0.15) is 22.1 Å². The van der Waals surface area contributed by atoms with E-state index < -0.39 is 11.7 Å². The molecule has 1 aliphatic heterocycles. The number of hydrogen-bond donors (Lipinski definition) is 2. The molecule has 2 aromatic rings. The highest BCUT2D eigenvalue weighted by Gasteiger charge is 2.22. The van der Waals surface area contributed by atoms with Gasteiger partial charge in [0.15, 0.2) is 5.69 Å². The molecule has 1 aromatic heterocycles. The average Bonchev–Trinajstić information content (AvgIpc) is 2.81. The molecule has 0 radical (unpaired) electrons. The van der Waals surface area contributed by atoms with Gasteiger partial charge in [0.25, 0.3) is 5.91 Å². The van der Waals surface area contributed by atoms with Crippen LogP contribution in [0.15, 0.2) is 24.4 Å². The van der Waals surface area contributed by atoms with Gasteiger partial charge in [-0.15, -0.1) is 5.10 Å². The van der Waals surface area contributed by atoms with Gasteiger partial charge < -0.3 is 10.6 Å². The molecule has 1 amide bonds. The number of para-hydroxylation sites is 1. The predicted molar refractivity (Wildman–Crippen MR) is 71.0 cm³/mol. The molecular formula is C13H14FN5O. The van der Waals surface area contributed by atoms with Gasteiger partial charge in [0.1, 0.15) is 5.82 Å². The third-order valence-corrected chi connectivity index (χ3v) is 3.34. The number of rotatable bonds is 3. The standard InChI is InChI=1S/C13H14FN5O/c1-8-3-2-4-10(14)12(8)16-13(20)11-7-19(18-17-11)9-5-15-6-9/h2-4,7,9,15H,5-6H2,1H3,(H,16,20). The quantitative estimate of drug-likeness (QED) is 0.880. The van der Waals surface area contributed by atoms with Crippen LogP contribution in [-0.4, -0.2) is 34.0 Å². The molecule has 6 nitrogen and oxygen atoms in total. The monoisotopic (exact) mass is 275 g/mol. The van der Waals surface area contributed by atoms with Crippen molar-refractivity contribution in [1.82, 2.24) is 20.3 Å². The number of aromatic nitrogens is 3. The zero-order valence-corrected chi connectivity index (χ0v) is 10.9. The molecule has 1 aromatic carbocycles. The summed E-state index contributed by atoms with van der Waals surface area (Å²) in [7, 11) is 0. The second kappa shape index (κ2) is 5.01. The highest BCUT2D eigenvalue weighted by atomic mass is 19.1. The van der Waals surface area contributed by atoms with Gasteiger partial charge in [-0.3, -0.25) is 4.79 Å². The number of halogens is 1. The van der Waals surface area contributed by atoms with E-state index in [-0.39, 0.29) is 17.4 Å². The van der Waals surface area contributed by atoms with E-state index in [0.29, 0.717) is 5.56 Å². The minimum Gasteiger partial charge on any atom is -0.318 e. The highest BCUT2D eigenvalue weighted by molar-refractivity contribution is 6.03. The summed E-state index contributed by atoms with van der Waals surface area (Å²) in [6.07, 6.45) is 1.58. The summed E-state index contributed by atoms with van der Waals surface area (Å²) in [6.45, 7) is 3.36. The predicted octanol–water partition coefficient (Wildman–Crippen LogP) is 1.12. The van der Waals surface area contributed by atoms with E-state index in [1.165, 1.54) is 6.07 Å². The molecule has 0 bridgehead atoms. The third-order valence-electron chi connectivity index (χ3n) is 3.34. The highest BCUT2D eigenvalue weighted by Crippen LogP contribution is 2.19. The lowest BCUT2D eigenvalue weighted by molar-refractivity contribution is 0.102. The lowest BCUT2D eigenvalue weighted by atomic mass is 10.2. The van der Waals surface area contributed by atoms with Gasteiger partial charge in [-0.05, 0) is 18.6 Å². The second-order valence-corrected chi connectivity index (χ2v) is 4.78. The van der Waals surface area contributed by atoms with Gasteiger partial charge in [0.05, 0.1) is 17.9 Å². The number of amides is 1. The van der Waals surface area contributed by atoms with Crippen molar-refractivity contribution in [3.8, 4) is 0 Å². The second-order valence-electron chi connectivity index (χ2n) is 4.78. The minimum absolute atomic E-state index is 0.178. The van der Waals surface area contributed by atoms with Crippen molar-refractivity contribution < 1.29 is 9.18 Å². The first-order valence-electron chi connectivity index (χ1n) is 6.34. The Labute approximate surface area is 115 Å². The van der Waals surface area contributed by atoms with Crippen LogP contribution >= 0.6 is 0 Å². The van der Waals surface area contributed by atoms with Gasteiger partial charge in [-0.25, -0.2) is 9.07 Å². The van der Waals surface area contributed by atoms with E-state index in [4.69, 9.17) is 0 Å². The van der Waals surface area contributed by atoms with Crippen molar-refractivity contribution in [2.45, 2.75) is 13.0 Å². The van der Waals surface area contributed by atoms with Crippen LogP contribution in [0.5, 0.6) is 0 Å². The molecule has 1 saturated heterocycles. The number of anilines is 1. The number of benzene rings is 1. The van der Waals surface area contributed by atoms with Crippen molar-refractivity contribution in [1.29, 1.82) is 0 Å².